The molecule has 0 fully saturated rings. The Morgan fingerprint density at radius 1 is 1.15 bits per heavy atom. The number of rotatable bonds is 7. The normalized spacial score (nSPS) is 11.0. The largest absolute Gasteiger partial charge is 0.497 e. The number of nitrogens with one attached hydrogen (secondary N) is 1. The molecule has 4 rings (SSSR count). The zero-order valence-corrected chi connectivity index (χ0v) is 15.2. The summed E-state index contributed by atoms with van der Waals surface area (Å²) < 4.78 is 9.20. The van der Waals surface area contributed by atoms with Crippen molar-refractivity contribution >= 4 is 0 Å². The molecule has 138 valence electrons. The molecule has 4 aromatic rings. The Bertz CT molecular complexity index is 1000. The van der Waals surface area contributed by atoms with Crippen LogP contribution in [0.4, 0.5) is 0 Å². The van der Waals surface area contributed by atoms with E-state index < -0.39 is 0 Å². The molecule has 0 aliphatic rings. The summed E-state index contributed by atoms with van der Waals surface area (Å²) in [6, 6.07) is 7.92. The highest BCUT2D eigenvalue weighted by atomic mass is 16.5. The van der Waals surface area contributed by atoms with Crippen LogP contribution in [0, 0.1) is 0 Å². The Morgan fingerprint density at radius 2 is 2.00 bits per heavy atom. The molecule has 27 heavy (non-hydrogen) atoms. The third kappa shape index (κ3) is 3.57. The zero-order chi connectivity index (χ0) is 18.6. The smallest absolute Gasteiger partial charge is 0.174 e. The number of tetrazole rings is 1. The molecule has 0 saturated heterocycles. The summed E-state index contributed by atoms with van der Waals surface area (Å²) in [7, 11) is 3.57. The minimum absolute atomic E-state index is 0.716. The summed E-state index contributed by atoms with van der Waals surface area (Å²) in [5, 5.41) is 18.4. The van der Waals surface area contributed by atoms with E-state index >= 15 is 0 Å². The molecule has 0 bridgehead atoms. The Balaban J connectivity index is 1.65. The zero-order valence-electron chi connectivity index (χ0n) is 15.2. The van der Waals surface area contributed by atoms with Crippen LogP contribution in [0.1, 0.15) is 12.2 Å². The van der Waals surface area contributed by atoms with E-state index in [1.165, 1.54) is 0 Å². The first-order valence-electron chi connectivity index (χ1n) is 8.65. The number of hydrogen-bond acceptors (Lipinski definition) is 6. The van der Waals surface area contributed by atoms with Crippen LogP contribution in [0.2, 0.25) is 0 Å². The van der Waals surface area contributed by atoms with E-state index in [0.717, 1.165) is 47.7 Å². The summed E-state index contributed by atoms with van der Waals surface area (Å²) in [5.74, 6) is 1.54. The third-order valence-corrected chi connectivity index (χ3v) is 4.37. The molecule has 9 nitrogen and oxygen atoms in total. The number of hydrogen-bond donors (Lipinski definition) is 1. The van der Waals surface area contributed by atoms with Gasteiger partial charge in [0.15, 0.2) is 5.82 Å². The number of nitrogens with zero attached hydrogens (tertiary/aromatic N) is 7. The molecule has 1 N–H and O–H groups in total. The summed E-state index contributed by atoms with van der Waals surface area (Å²) in [6.45, 7) is 0.794. The van der Waals surface area contributed by atoms with E-state index in [1.54, 1.807) is 11.8 Å². The second-order valence-electron chi connectivity index (χ2n) is 6.20. The Kier molecular flexibility index (Phi) is 4.65. The fraction of sp³-hybridized carbons (Fsp3) is 0.278. The van der Waals surface area contributed by atoms with Crippen LogP contribution < -0.4 is 4.74 Å². The lowest BCUT2D eigenvalue weighted by atomic mass is 10.1. The Hall–Kier alpha value is -3.49. The molecular weight excluding hydrogens is 344 g/mol. The first kappa shape index (κ1) is 17.0. The van der Waals surface area contributed by atoms with Gasteiger partial charge in [0.05, 0.1) is 31.0 Å². The molecular formula is C18H20N8O. The molecule has 9 heteroatoms. The number of H-pyrrole nitrogens is 1. The fourth-order valence-electron chi connectivity index (χ4n) is 3.05. The molecule has 3 heterocycles. The van der Waals surface area contributed by atoms with E-state index in [-0.39, 0.29) is 0 Å². The predicted octanol–water partition coefficient (Wildman–Crippen LogP) is 2.11. The maximum absolute atomic E-state index is 5.26. The van der Waals surface area contributed by atoms with Crippen LogP contribution in [-0.2, 0) is 20.0 Å². The van der Waals surface area contributed by atoms with Crippen molar-refractivity contribution < 1.29 is 4.74 Å². The van der Waals surface area contributed by atoms with Gasteiger partial charge in [0.1, 0.15) is 5.75 Å². The van der Waals surface area contributed by atoms with Gasteiger partial charge < -0.3 is 9.30 Å². The van der Waals surface area contributed by atoms with Crippen molar-refractivity contribution in [1.29, 1.82) is 0 Å². The molecule has 0 atom stereocenters. The lowest BCUT2D eigenvalue weighted by Crippen LogP contribution is -2.01. The molecule has 3 aromatic heterocycles. The van der Waals surface area contributed by atoms with Gasteiger partial charge in [-0.05, 0) is 30.7 Å². The lowest BCUT2D eigenvalue weighted by Gasteiger charge is -2.09. The molecule has 0 radical (unpaired) electrons. The quantitative estimate of drug-likeness (QED) is 0.539. The van der Waals surface area contributed by atoms with Gasteiger partial charge in [-0.15, -0.1) is 10.2 Å². The average Bonchev–Trinajstić information content (AvgIpc) is 3.43. The summed E-state index contributed by atoms with van der Waals surface area (Å²) in [4.78, 5) is 4.68. The average molecular weight is 364 g/mol. The van der Waals surface area contributed by atoms with Crippen molar-refractivity contribution in [2.24, 2.45) is 7.05 Å². The van der Waals surface area contributed by atoms with Crippen LogP contribution >= 0.6 is 0 Å². The predicted molar refractivity (Wildman–Crippen MR) is 98.9 cm³/mol. The number of ether oxygens (including phenoxy) is 1. The van der Waals surface area contributed by atoms with E-state index in [0.29, 0.717) is 5.82 Å². The van der Waals surface area contributed by atoms with Crippen molar-refractivity contribution in [1.82, 2.24) is 40.0 Å². The summed E-state index contributed by atoms with van der Waals surface area (Å²) >= 11 is 0. The number of aromatic nitrogens is 8. The molecule has 1 aromatic carbocycles. The standard InChI is InChI=1S/C18H20N8O/c1-25-11-14(10-20-25)18-17(13-5-7-15(27-2)8-6-13)19-12-26(18)9-3-4-16-21-23-24-22-16/h5-8,10-12H,3-4,9H2,1-2H3,(H,21,22,23,24). The monoisotopic (exact) mass is 364 g/mol. The van der Waals surface area contributed by atoms with Gasteiger partial charge in [0.2, 0.25) is 0 Å². The highest BCUT2D eigenvalue weighted by Crippen LogP contribution is 2.32. The van der Waals surface area contributed by atoms with Crippen LogP contribution in [0.5, 0.6) is 5.75 Å². The van der Waals surface area contributed by atoms with Crippen molar-refractivity contribution in [3.8, 4) is 28.3 Å². The van der Waals surface area contributed by atoms with Crippen molar-refractivity contribution in [3.63, 3.8) is 0 Å². The van der Waals surface area contributed by atoms with Gasteiger partial charge in [-0.2, -0.15) is 10.3 Å². The van der Waals surface area contributed by atoms with Gasteiger partial charge >= 0.3 is 0 Å². The van der Waals surface area contributed by atoms with Crippen LogP contribution in [0.3, 0.4) is 0 Å². The van der Waals surface area contributed by atoms with Crippen molar-refractivity contribution in [2.75, 3.05) is 7.11 Å². The van der Waals surface area contributed by atoms with Gasteiger partial charge in [-0.3, -0.25) is 4.68 Å². The van der Waals surface area contributed by atoms with Crippen LogP contribution in [-0.4, -0.2) is 47.1 Å². The van der Waals surface area contributed by atoms with E-state index in [4.69, 9.17) is 4.74 Å². The molecule has 0 amide bonds. The minimum Gasteiger partial charge on any atom is -0.497 e. The number of methoxy groups -OCH3 is 1. The van der Waals surface area contributed by atoms with Crippen molar-refractivity contribution in [2.45, 2.75) is 19.4 Å². The number of imidazole rings is 1. The number of aryl methyl sites for hydroxylation is 3. The fourth-order valence-corrected chi connectivity index (χ4v) is 3.05. The number of benzene rings is 1. The van der Waals surface area contributed by atoms with Gasteiger partial charge in [-0.25, -0.2) is 4.98 Å². The first-order valence-corrected chi connectivity index (χ1v) is 8.65. The van der Waals surface area contributed by atoms with Crippen LogP contribution in [0.25, 0.3) is 22.5 Å². The van der Waals surface area contributed by atoms with Crippen molar-refractivity contribution in [3.05, 3.63) is 48.8 Å². The van der Waals surface area contributed by atoms with E-state index in [9.17, 15) is 0 Å². The SMILES string of the molecule is COc1ccc(-c2ncn(CCCc3nn[nH]n3)c2-c2cnn(C)c2)cc1. The van der Waals surface area contributed by atoms with Crippen LogP contribution in [0.15, 0.2) is 43.0 Å². The van der Waals surface area contributed by atoms with E-state index in [1.807, 2.05) is 50.0 Å². The molecule has 0 aliphatic heterocycles. The highest BCUT2D eigenvalue weighted by molar-refractivity contribution is 5.78. The third-order valence-electron chi connectivity index (χ3n) is 4.37. The Labute approximate surface area is 156 Å². The topological polar surface area (TPSA) is 99.3 Å². The minimum atomic E-state index is 0.716. The molecule has 0 spiro atoms. The van der Waals surface area contributed by atoms with Gasteiger partial charge in [0, 0.05) is 37.3 Å². The second-order valence-corrected chi connectivity index (χ2v) is 6.20. The number of aromatic amines is 1. The summed E-state index contributed by atoms with van der Waals surface area (Å²) in [6.07, 6.45) is 7.36. The van der Waals surface area contributed by atoms with Gasteiger partial charge in [0.25, 0.3) is 0 Å². The molecule has 0 saturated carbocycles. The van der Waals surface area contributed by atoms with E-state index in [2.05, 4.69) is 35.3 Å². The lowest BCUT2D eigenvalue weighted by molar-refractivity contribution is 0.415. The second kappa shape index (κ2) is 7.40. The van der Waals surface area contributed by atoms with Gasteiger partial charge in [-0.1, -0.05) is 5.21 Å². The molecule has 0 unspecified atom stereocenters. The highest BCUT2D eigenvalue weighted by Gasteiger charge is 2.16. The first-order chi connectivity index (χ1) is 13.2. The maximum Gasteiger partial charge on any atom is 0.174 e. The summed E-state index contributed by atoms with van der Waals surface area (Å²) in [5.41, 5.74) is 4.03. The Morgan fingerprint density at radius 3 is 2.67 bits per heavy atom. The molecule has 0 aliphatic carbocycles. The maximum atomic E-state index is 5.26.